The van der Waals surface area contributed by atoms with Crippen molar-refractivity contribution < 1.29 is 33.7 Å². The van der Waals surface area contributed by atoms with Crippen LogP contribution in [0.1, 0.15) is 63.9 Å². The molecule has 33 heavy (non-hydrogen) atoms. The standard InChI is InChI=1S/C26H24O7/c1-31-19-9-8-14-13-15-5-4-11-25-20(14)21(19)32-22(25)18(27)10-12-26(15,25)33-24(30)17-7-3-2-6-16(17)23(28)29/h2-3,6-9,15,22H,4-5,10-13H2,1H3,(H,28,29)/t15-,22+,25+,26-/m1/s1. The second-order valence-electron chi connectivity index (χ2n) is 9.49. The summed E-state index contributed by atoms with van der Waals surface area (Å²) in [6.07, 6.45) is 3.08. The number of carbonyl (C=O) groups excluding carboxylic acids is 2. The van der Waals surface area contributed by atoms with Crippen molar-refractivity contribution in [1.29, 1.82) is 0 Å². The smallest absolute Gasteiger partial charge is 0.339 e. The molecule has 1 N–H and O–H groups in total. The van der Waals surface area contributed by atoms with E-state index in [9.17, 15) is 19.5 Å². The van der Waals surface area contributed by atoms with Crippen LogP contribution in [0.5, 0.6) is 11.5 Å². The van der Waals surface area contributed by atoms with Gasteiger partial charge in [0.15, 0.2) is 23.4 Å². The lowest BCUT2D eigenvalue weighted by molar-refractivity contribution is -0.179. The quantitative estimate of drug-likeness (QED) is 0.712. The van der Waals surface area contributed by atoms with Gasteiger partial charge in [-0.15, -0.1) is 0 Å². The molecule has 0 radical (unpaired) electrons. The average molecular weight is 448 g/mol. The Morgan fingerprint density at radius 3 is 2.67 bits per heavy atom. The minimum absolute atomic E-state index is 0.0133. The van der Waals surface area contributed by atoms with Crippen LogP contribution < -0.4 is 9.47 Å². The first-order valence-electron chi connectivity index (χ1n) is 11.4. The highest BCUT2D eigenvalue weighted by molar-refractivity contribution is 6.02. The lowest BCUT2D eigenvalue weighted by Gasteiger charge is -2.61. The minimum Gasteiger partial charge on any atom is -0.493 e. The minimum atomic E-state index is -1.18. The van der Waals surface area contributed by atoms with E-state index in [1.807, 2.05) is 12.1 Å². The summed E-state index contributed by atoms with van der Waals surface area (Å²) in [5.74, 6) is -0.641. The van der Waals surface area contributed by atoms with Crippen molar-refractivity contribution in [1.82, 2.24) is 0 Å². The molecule has 3 aliphatic carbocycles. The molecule has 1 spiro atoms. The van der Waals surface area contributed by atoms with E-state index in [1.54, 1.807) is 19.2 Å². The molecule has 170 valence electrons. The summed E-state index contributed by atoms with van der Waals surface area (Å²) in [6.45, 7) is 0. The van der Waals surface area contributed by atoms with Crippen LogP contribution in [-0.2, 0) is 21.4 Å². The average Bonchev–Trinajstić information content (AvgIpc) is 3.16. The Kier molecular flexibility index (Phi) is 4.19. The van der Waals surface area contributed by atoms with Crippen molar-refractivity contribution in [3.63, 3.8) is 0 Å². The Balaban J connectivity index is 1.54. The van der Waals surface area contributed by atoms with Gasteiger partial charge in [-0.2, -0.15) is 0 Å². The fourth-order valence-corrected chi connectivity index (χ4v) is 7.05. The number of carboxylic acid groups (broad SMARTS) is 1. The number of aromatic carboxylic acids is 1. The Labute approximate surface area is 190 Å². The van der Waals surface area contributed by atoms with E-state index in [0.717, 1.165) is 24.0 Å². The number of methoxy groups -OCH3 is 1. The van der Waals surface area contributed by atoms with Crippen LogP contribution in [0.25, 0.3) is 0 Å². The first kappa shape index (κ1) is 20.3. The molecule has 2 aromatic carbocycles. The van der Waals surface area contributed by atoms with E-state index in [0.29, 0.717) is 30.8 Å². The molecule has 2 saturated carbocycles. The monoisotopic (exact) mass is 448 g/mol. The molecule has 4 atom stereocenters. The molecule has 7 nitrogen and oxygen atoms in total. The van der Waals surface area contributed by atoms with Crippen LogP contribution in [0.3, 0.4) is 0 Å². The lowest BCUT2D eigenvalue weighted by Crippen LogP contribution is -2.71. The maximum Gasteiger partial charge on any atom is 0.339 e. The first-order chi connectivity index (χ1) is 15.9. The lowest BCUT2D eigenvalue weighted by atomic mass is 9.45. The van der Waals surface area contributed by atoms with Crippen molar-refractivity contribution in [2.24, 2.45) is 5.92 Å². The SMILES string of the molecule is COc1ccc2c3c1O[C@H]1C(=O)CC[C@@]4(OC(=O)c5ccccc5C(=O)O)[C@H](CCC[C@]314)C2. The van der Waals surface area contributed by atoms with Gasteiger partial charge in [0.25, 0.3) is 0 Å². The predicted octanol–water partition coefficient (Wildman–Crippen LogP) is 3.71. The van der Waals surface area contributed by atoms with Gasteiger partial charge < -0.3 is 19.3 Å². The van der Waals surface area contributed by atoms with Gasteiger partial charge in [0.1, 0.15) is 5.60 Å². The zero-order chi connectivity index (χ0) is 23.0. The molecule has 0 amide bonds. The highest BCUT2D eigenvalue weighted by Crippen LogP contribution is 2.68. The zero-order valence-corrected chi connectivity index (χ0v) is 18.3. The summed E-state index contributed by atoms with van der Waals surface area (Å²) in [5.41, 5.74) is 0.276. The maximum atomic E-state index is 13.5. The number of Topliss-reactive ketones (excluding diaryl/α,β-unsaturated/α-hetero) is 1. The molecule has 1 aliphatic heterocycles. The number of ether oxygens (including phenoxy) is 3. The van der Waals surface area contributed by atoms with E-state index in [-0.39, 0.29) is 29.2 Å². The number of ketones is 1. The van der Waals surface area contributed by atoms with E-state index in [4.69, 9.17) is 14.2 Å². The number of carboxylic acids is 1. The van der Waals surface area contributed by atoms with Crippen LogP contribution in [0.4, 0.5) is 0 Å². The third-order valence-corrected chi connectivity index (χ3v) is 8.25. The van der Waals surface area contributed by atoms with Crippen LogP contribution in [0.2, 0.25) is 0 Å². The van der Waals surface area contributed by atoms with Gasteiger partial charge in [-0.3, -0.25) is 4.79 Å². The van der Waals surface area contributed by atoms with Crippen molar-refractivity contribution in [3.8, 4) is 11.5 Å². The second-order valence-corrected chi connectivity index (χ2v) is 9.49. The topological polar surface area (TPSA) is 99.1 Å². The van der Waals surface area contributed by atoms with Crippen LogP contribution >= 0.6 is 0 Å². The number of esters is 1. The molecule has 0 saturated heterocycles. The van der Waals surface area contributed by atoms with Crippen LogP contribution in [0.15, 0.2) is 36.4 Å². The molecule has 2 aromatic rings. The zero-order valence-electron chi connectivity index (χ0n) is 18.3. The number of benzene rings is 2. The Morgan fingerprint density at radius 2 is 1.91 bits per heavy atom. The summed E-state index contributed by atoms with van der Waals surface area (Å²) in [5, 5.41) is 9.60. The summed E-state index contributed by atoms with van der Waals surface area (Å²) in [6, 6.07) is 10.0. The van der Waals surface area contributed by atoms with Gasteiger partial charge in [-0.05, 0) is 49.4 Å². The van der Waals surface area contributed by atoms with Gasteiger partial charge in [-0.1, -0.05) is 24.6 Å². The van der Waals surface area contributed by atoms with Gasteiger partial charge in [0.05, 0.1) is 23.7 Å². The highest BCUT2D eigenvalue weighted by atomic mass is 16.6. The normalized spacial score (nSPS) is 30.8. The Hall–Kier alpha value is -3.35. The molecule has 7 heteroatoms. The number of hydrogen-bond donors (Lipinski definition) is 1. The summed E-state index contributed by atoms with van der Waals surface area (Å²) < 4.78 is 18.3. The predicted molar refractivity (Wildman–Crippen MR) is 116 cm³/mol. The van der Waals surface area contributed by atoms with Crippen molar-refractivity contribution in [2.45, 2.75) is 55.6 Å². The van der Waals surface area contributed by atoms with Crippen LogP contribution in [-0.4, -0.2) is 41.6 Å². The molecule has 4 aliphatic rings. The summed E-state index contributed by atoms with van der Waals surface area (Å²) in [4.78, 5) is 38.4. The Bertz CT molecular complexity index is 1220. The fraction of sp³-hybridized carbons (Fsp3) is 0.423. The van der Waals surface area contributed by atoms with E-state index in [2.05, 4.69) is 0 Å². The van der Waals surface area contributed by atoms with Crippen molar-refractivity contribution in [3.05, 3.63) is 58.7 Å². The van der Waals surface area contributed by atoms with Crippen molar-refractivity contribution in [2.75, 3.05) is 7.11 Å². The van der Waals surface area contributed by atoms with Crippen LogP contribution in [0, 0.1) is 5.92 Å². The second kappa shape index (κ2) is 6.83. The molecule has 2 bridgehead atoms. The van der Waals surface area contributed by atoms with E-state index >= 15 is 0 Å². The molecular formula is C26H24O7. The number of hydrogen-bond acceptors (Lipinski definition) is 6. The Morgan fingerprint density at radius 1 is 1.12 bits per heavy atom. The summed E-state index contributed by atoms with van der Waals surface area (Å²) in [7, 11) is 1.58. The summed E-state index contributed by atoms with van der Waals surface area (Å²) >= 11 is 0. The van der Waals surface area contributed by atoms with Gasteiger partial charge in [0.2, 0.25) is 0 Å². The number of carbonyl (C=O) groups is 3. The molecular weight excluding hydrogens is 424 g/mol. The molecule has 2 fully saturated rings. The maximum absolute atomic E-state index is 13.5. The molecule has 0 unspecified atom stereocenters. The molecule has 6 rings (SSSR count). The van der Waals surface area contributed by atoms with Crippen molar-refractivity contribution >= 4 is 17.7 Å². The first-order valence-corrected chi connectivity index (χ1v) is 11.4. The van der Waals surface area contributed by atoms with Gasteiger partial charge in [-0.25, -0.2) is 9.59 Å². The van der Waals surface area contributed by atoms with E-state index < -0.39 is 29.1 Å². The fourth-order valence-electron chi connectivity index (χ4n) is 7.05. The molecule has 1 heterocycles. The molecule has 0 aromatic heterocycles. The van der Waals surface area contributed by atoms with E-state index in [1.165, 1.54) is 12.1 Å². The third-order valence-electron chi connectivity index (χ3n) is 8.25. The number of rotatable bonds is 4. The van der Waals surface area contributed by atoms with Gasteiger partial charge >= 0.3 is 11.9 Å². The van der Waals surface area contributed by atoms with Gasteiger partial charge in [0, 0.05) is 17.9 Å². The largest absolute Gasteiger partial charge is 0.493 e. The third kappa shape index (κ3) is 2.42. The highest BCUT2D eigenvalue weighted by Gasteiger charge is 2.74.